The smallest absolute Gasteiger partial charge is 0.202 e. The first-order chi connectivity index (χ1) is 7.91. The molecule has 0 spiro atoms. The highest BCUT2D eigenvalue weighted by molar-refractivity contribution is 6.00. The Morgan fingerprint density at radius 2 is 1.24 bits per heavy atom. The molecule has 92 valence electrons. The zero-order chi connectivity index (χ0) is 12.7. The molecule has 0 saturated carbocycles. The minimum Gasteiger partial charge on any atom is -0.202 e. The Kier molecular flexibility index (Phi) is 2.92. The first-order valence-electron chi connectivity index (χ1n) is 5.90. The zero-order valence-electron chi connectivity index (χ0n) is 11.5. The first kappa shape index (κ1) is 12.1. The Balaban J connectivity index is 2.12. The number of hydrogen-bond donors (Lipinski definition) is 2. The number of rotatable bonds is 2. The van der Waals surface area contributed by atoms with Crippen molar-refractivity contribution in [3.63, 3.8) is 0 Å². The molecule has 17 heavy (non-hydrogen) atoms. The van der Waals surface area contributed by atoms with Crippen LogP contribution in [0, 0.1) is 0 Å². The minimum atomic E-state index is 0.820. The molecule has 0 amide bonds. The van der Waals surface area contributed by atoms with Gasteiger partial charge in [0.2, 0.25) is 0 Å². The zero-order valence-corrected chi connectivity index (χ0v) is 11.5. The van der Waals surface area contributed by atoms with Crippen LogP contribution in [0.1, 0.15) is 20.3 Å². The summed E-state index contributed by atoms with van der Waals surface area (Å²) in [5.74, 6) is 4.72. The summed E-state index contributed by atoms with van der Waals surface area (Å²) in [6.45, 7) is 4.20. The molecule has 0 bridgehead atoms. The molecule has 2 atom stereocenters. The molecule has 0 aromatic carbocycles. The predicted octanol–water partition coefficient (Wildman–Crippen LogP) is -2.82. The van der Waals surface area contributed by atoms with Crippen LogP contribution in [0.5, 0.6) is 0 Å². The van der Waals surface area contributed by atoms with Gasteiger partial charge in [-0.05, 0) is 9.37 Å². The van der Waals surface area contributed by atoms with Crippen molar-refractivity contribution >= 4 is 23.3 Å². The van der Waals surface area contributed by atoms with Crippen LogP contribution in [0.4, 0.5) is 0 Å². The molecule has 2 heterocycles. The Morgan fingerprint density at radius 3 is 1.47 bits per heavy atom. The molecule has 0 radical (unpaired) electrons. The Bertz CT molecular complexity index is 438. The molecule has 0 aliphatic carbocycles. The maximum Gasteiger partial charge on any atom is 0.369 e. The second kappa shape index (κ2) is 4.12. The van der Waals surface area contributed by atoms with Crippen molar-refractivity contribution < 1.29 is 19.2 Å². The van der Waals surface area contributed by atoms with Crippen molar-refractivity contribution in [3.8, 4) is 0 Å². The highest BCUT2D eigenvalue weighted by Gasteiger charge is 2.39. The largest absolute Gasteiger partial charge is 0.369 e. The molecule has 2 aliphatic rings. The van der Waals surface area contributed by atoms with E-state index in [9.17, 15) is 0 Å². The van der Waals surface area contributed by atoms with E-state index in [-0.39, 0.29) is 0 Å². The van der Waals surface area contributed by atoms with E-state index in [1.807, 2.05) is 23.5 Å². The molecular weight excluding hydrogens is 216 g/mol. The van der Waals surface area contributed by atoms with Crippen molar-refractivity contribution in [2.24, 2.45) is 10.2 Å². The van der Waals surface area contributed by atoms with Gasteiger partial charge in [0.25, 0.3) is 11.7 Å². The summed E-state index contributed by atoms with van der Waals surface area (Å²) in [6, 6.07) is 0. The van der Waals surface area contributed by atoms with Gasteiger partial charge in [-0.15, -0.1) is 0 Å². The van der Waals surface area contributed by atoms with Gasteiger partial charge in [-0.3, -0.25) is 0 Å². The van der Waals surface area contributed by atoms with Crippen LogP contribution in [0.3, 0.4) is 0 Å². The number of hydrazone groups is 2. The van der Waals surface area contributed by atoms with E-state index in [0.717, 1.165) is 18.1 Å². The molecule has 6 nitrogen and oxygen atoms in total. The summed E-state index contributed by atoms with van der Waals surface area (Å²) in [5, 5.41) is 9.10. The van der Waals surface area contributed by atoms with Crippen LogP contribution < -0.4 is 9.80 Å². The van der Waals surface area contributed by atoms with E-state index in [1.165, 1.54) is 21.5 Å². The standard InChI is InChI=1S/C11H20N6/c1-8-14(3)10(12-16(8)5)7-11-13-17(6)9(2)15(11)4/h7H2,1-6H3/q+2/p+2. The van der Waals surface area contributed by atoms with Gasteiger partial charge in [0.1, 0.15) is 6.42 Å². The quantitative estimate of drug-likeness (QED) is 0.487. The predicted molar refractivity (Wildman–Crippen MR) is 67.0 cm³/mol. The monoisotopic (exact) mass is 238 g/mol. The van der Waals surface area contributed by atoms with Gasteiger partial charge in [0.05, 0.1) is 38.1 Å². The maximum absolute atomic E-state index is 4.55. The topological polar surface area (TPSA) is 39.6 Å². The van der Waals surface area contributed by atoms with Gasteiger partial charge in [-0.1, -0.05) is 0 Å². The van der Waals surface area contributed by atoms with E-state index in [0.29, 0.717) is 0 Å². The molecule has 0 aromatic heterocycles. The summed E-state index contributed by atoms with van der Waals surface area (Å²) in [5.41, 5.74) is 0. The lowest BCUT2D eigenvalue weighted by Gasteiger charge is -2.04. The van der Waals surface area contributed by atoms with Crippen molar-refractivity contribution in [2.75, 3.05) is 28.2 Å². The van der Waals surface area contributed by atoms with Crippen molar-refractivity contribution in [3.05, 3.63) is 0 Å². The van der Waals surface area contributed by atoms with Crippen molar-refractivity contribution in [1.29, 1.82) is 0 Å². The van der Waals surface area contributed by atoms with E-state index >= 15 is 0 Å². The first-order valence-corrected chi connectivity index (χ1v) is 5.90. The normalized spacial score (nSPS) is 29.1. The van der Waals surface area contributed by atoms with Crippen molar-refractivity contribution in [2.45, 2.75) is 20.3 Å². The van der Waals surface area contributed by atoms with Gasteiger partial charge >= 0.3 is 11.7 Å². The molecule has 0 saturated heterocycles. The van der Waals surface area contributed by atoms with Gasteiger partial charge in [-0.2, -0.15) is 0 Å². The SMILES string of the molecule is CC1=[N+](C)N=C(CC2=N[N+](C)=C(C)[NH+]2C)[NH+]1C. The molecule has 2 rings (SSSR count). The lowest BCUT2D eigenvalue weighted by atomic mass is 10.3. The van der Waals surface area contributed by atoms with Gasteiger partial charge < -0.3 is 0 Å². The number of nitrogens with zero attached hydrogens (tertiary/aromatic N) is 4. The van der Waals surface area contributed by atoms with E-state index in [1.54, 1.807) is 0 Å². The third-order valence-corrected chi connectivity index (χ3v) is 3.80. The Hall–Kier alpha value is -1.40. The fourth-order valence-electron chi connectivity index (χ4n) is 2.06. The molecule has 6 heteroatoms. The van der Waals surface area contributed by atoms with Crippen LogP contribution in [-0.4, -0.2) is 60.9 Å². The molecule has 2 N–H and O–H groups in total. The number of quaternary nitrogens is 2. The van der Waals surface area contributed by atoms with Crippen LogP contribution in [0.25, 0.3) is 0 Å². The molecular formula is C11H22N6+4. The van der Waals surface area contributed by atoms with E-state index < -0.39 is 0 Å². The second-order valence-corrected chi connectivity index (χ2v) is 4.74. The fraction of sp³-hybridized carbons (Fsp3) is 0.636. The Labute approximate surface area is 102 Å². The Morgan fingerprint density at radius 1 is 0.882 bits per heavy atom. The third kappa shape index (κ3) is 1.94. The lowest BCUT2D eigenvalue weighted by Crippen LogP contribution is -3.16. The summed E-state index contributed by atoms with van der Waals surface area (Å²) >= 11 is 0. The van der Waals surface area contributed by atoms with Crippen LogP contribution in [0.2, 0.25) is 0 Å². The average Bonchev–Trinajstić information content (AvgIpc) is 2.66. The van der Waals surface area contributed by atoms with Gasteiger partial charge in [-0.25, -0.2) is 9.80 Å². The summed E-state index contributed by atoms with van der Waals surface area (Å²) in [7, 11) is 8.23. The van der Waals surface area contributed by atoms with Crippen LogP contribution in [-0.2, 0) is 0 Å². The average molecular weight is 238 g/mol. The summed E-state index contributed by atoms with van der Waals surface area (Å²) < 4.78 is 3.88. The number of amidine groups is 4. The maximum atomic E-state index is 4.55. The van der Waals surface area contributed by atoms with E-state index in [4.69, 9.17) is 0 Å². The van der Waals surface area contributed by atoms with E-state index in [2.05, 4.69) is 38.1 Å². The minimum absolute atomic E-state index is 0.820. The second-order valence-electron chi connectivity index (χ2n) is 4.74. The molecule has 0 aromatic rings. The molecule has 2 aliphatic heterocycles. The highest BCUT2D eigenvalue weighted by atomic mass is 15.5. The summed E-state index contributed by atoms with van der Waals surface area (Å²) in [6.07, 6.45) is 0.820. The van der Waals surface area contributed by atoms with Crippen molar-refractivity contribution in [1.82, 2.24) is 0 Å². The number of nitrogens with one attached hydrogen (secondary N) is 2. The molecule has 0 fully saturated rings. The number of hydrogen-bond acceptors (Lipinski definition) is 2. The fourth-order valence-corrected chi connectivity index (χ4v) is 2.06. The third-order valence-electron chi connectivity index (χ3n) is 3.80. The molecule has 2 unspecified atom stereocenters. The highest BCUT2D eigenvalue weighted by Crippen LogP contribution is 1.92. The van der Waals surface area contributed by atoms with Gasteiger partial charge in [0, 0.05) is 0 Å². The van der Waals surface area contributed by atoms with Gasteiger partial charge in [0.15, 0.2) is 14.1 Å². The van der Waals surface area contributed by atoms with Crippen LogP contribution >= 0.6 is 0 Å². The summed E-state index contributed by atoms with van der Waals surface area (Å²) in [4.78, 5) is 2.55. The lowest BCUT2D eigenvalue weighted by molar-refractivity contribution is -0.705. The van der Waals surface area contributed by atoms with Crippen LogP contribution in [0.15, 0.2) is 10.2 Å².